The molecule has 2 nitrogen and oxygen atoms in total. The van der Waals surface area contributed by atoms with Crippen LogP contribution in [0.1, 0.15) is 30.5 Å². The van der Waals surface area contributed by atoms with Gasteiger partial charge in [0, 0.05) is 17.8 Å². The van der Waals surface area contributed by atoms with Crippen molar-refractivity contribution < 1.29 is 4.39 Å². The second kappa shape index (κ2) is 3.63. The summed E-state index contributed by atoms with van der Waals surface area (Å²) in [7, 11) is 0. The van der Waals surface area contributed by atoms with Crippen LogP contribution in [-0.4, -0.2) is 4.98 Å². The Kier molecular flexibility index (Phi) is 2.76. The fourth-order valence-electron chi connectivity index (χ4n) is 1.02. The average molecular weight is 168 g/mol. The van der Waals surface area contributed by atoms with Crippen LogP contribution in [0.4, 0.5) is 4.39 Å². The van der Waals surface area contributed by atoms with Crippen molar-refractivity contribution in [2.45, 2.75) is 26.3 Å². The van der Waals surface area contributed by atoms with Gasteiger partial charge in [-0.3, -0.25) is 0 Å². The molecule has 1 atom stereocenters. The zero-order valence-corrected chi connectivity index (χ0v) is 7.34. The van der Waals surface area contributed by atoms with Gasteiger partial charge in [0.1, 0.15) is 0 Å². The molecule has 0 aliphatic carbocycles. The summed E-state index contributed by atoms with van der Waals surface area (Å²) in [5.41, 5.74) is 7.20. The van der Waals surface area contributed by atoms with Gasteiger partial charge in [-0.15, -0.1) is 0 Å². The molecule has 1 rings (SSSR count). The van der Waals surface area contributed by atoms with Gasteiger partial charge < -0.3 is 5.73 Å². The smallest absolute Gasteiger partial charge is 0.215 e. The predicted molar refractivity (Wildman–Crippen MR) is 46.2 cm³/mol. The molecule has 12 heavy (non-hydrogen) atoms. The quantitative estimate of drug-likeness (QED) is 0.685. The van der Waals surface area contributed by atoms with Crippen molar-refractivity contribution in [1.29, 1.82) is 0 Å². The number of nitrogens with zero attached hydrogens (tertiary/aromatic N) is 1. The summed E-state index contributed by atoms with van der Waals surface area (Å²) in [6.45, 7) is 3.68. The monoisotopic (exact) mass is 168 g/mol. The standard InChI is InChI=1S/C9H13FN2/c1-3-8(11)7-4-6(2)9(10)12-5-7/h4-5,8H,3,11H2,1-2H3. The summed E-state index contributed by atoms with van der Waals surface area (Å²) in [4.78, 5) is 3.60. The van der Waals surface area contributed by atoms with Crippen LogP contribution in [0.5, 0.6) is 0 Å². The van der Waals surface area contributed by atoms with Gasteiger partial charge in [0.2, 0.25) is 5.95 Å². The third-order valence-corrected chi connectivity index (χ3v) is 1.90. The Hall–Kier alpha value is -0.960. The van der Waals surface area contributed by atoms with Crippen LogP contribution in [0.25, 0.3) is 0 Å². The van der Waals surface area contributed by atoms with Crippen molar-refractivity contribution in [2.24, 2.45) is 5.73 Å². The van der Waals surface area contributed by atoms with E-state index in [0.717, 1.165) is 12.0 Å². The van der Waals surface area contributed by atoms with E-state index in [1.54, 1.807) is 13.0 Å². The van der Waals surface area contributed by atoms with Crippen molar-refractivity contribution in [2.75, 3.05) is 0 Å². The average Bonchev–Trinajstić information content (AvgIpc) is 2.08. The Morgan fingerprint density at radius 3 is 2.83 bits per heavy atom. The predicted octanol–water partition coefficient (Wildman–Crippen LogP) is 1.94. The first kappa shape index (κ1) is 9.13. The molecule has 0 spiro atoms. The summed E-state index contributed by atoms with van der Waals surface area (Å²) < 4.78 is 12.7. The highest BCUT2D eigenvalue weighted by atomic mass is 19.1. The van der Waals surface area contributed by atoms with Gasteiger partial charge in [-0.1, -0.05) is 6.92 Å². The molecule has 1 unspecified atom stereocenters. The van der Waals surface area contributed by atoms with Gasteiger partial charge in [0.05, 0.1) is 0 Å². The van der Waals surface area contributed by atoms with Gasteiger partial charge >= 0.3 is 0 Å². The minimum Gasteiger partial charge on any atom is -0.324 e. The summed E-state index contributed by atoms with van der Waals surface area (Å²) in [5, 5.41) is 0. The molecule has 2 N–H and O–H groups in total. The number of aromatic nitrogens is 1. The lowest BCUT2D eigenvalue weighted by Crippen LogP contribution is -2.09. The van der Waals surface area contributed by atoms with E-state index in [4.69, 9.17) is 5.73 Å². The number of pyridine rings is 1. The van der Waals surface area contributed by atoms with Gasteiger partial charge in [0.15, 0.2) is 0 Å². The molecule has 1 heterocycles. The fraction of sp³-hybridized carbons (Fsp3) is 0.444. The Balaban J connectivity index is 2.96. The maximum atomic E-state index is 12.7. The minimum atomic E-state index is -0.415. The summed E-state index contributed by atoms with van der Waals surface area (Å²) >= 11 is 0. The van der Waals surface area contributed by atoms with Crippen molar-refractivity contribution in [3.05, 3.63) is 29.3 Å². The Bertz CT molecular complexity index is 273. The van der Waals surface area contributed by atoms with E-state index < -0.39 is 5.95 Å². The number of nitrogens with two attached hydrogens (primary N) is 1. The highest BCUT2D eigenvalue weighted by molar-refractivity contribution is 5.20. The Morgan fingerprint density at radius 1 is 1.67 bits per heavy atom. The molecule has 0 saturated carbocycles. The molecule has 1 aromatic rings. The second-order valence-corrected chi connectivity index (χ2v) is 2.89. The summed E-state index contributed by atoms with van der Waals surface area (Å²) in [6, 6.07) is 1.72. The van der Waals surface area contributed by atoms with Crippen LogP contribution < -0.4 is 5.73 Å². The number of aryl methyl sites for hydroxylation is 1. The second-order valence-electron chi connectivity index (χ2n) is 2.89. The van der Waals surface area contributed by atoms with Gasteiger partial charge in [-0.2, -0.15) is 4.39 Å². The van der Waals surface area contributed by atoms with Crippen LogP contribution in [-0.2, 0) is 0 Å². The van der Waals surface area contributed by atoms with E-state index in [1.165, 1.54) is 6.20 Å². The third kappa shape index (κ3) is 1.80. The molecular weight excluding hydrogens is 155 g/mol. The maximum Gasteiger partial charge on any atom is 0.215 e. The maximum absolute atomic E-state index is 12.7. The normalized spacial score (nSPS) is 13.0. The number of rotatable bonds is 2. The van der Waals surface area contributed by atoms with Crippen molar-refractivity contribution >= 4 is 0 Å². The lowest BCUT2D eigenvalue weighted by molar-refractivity contribution is 0.569. The fourth-order valence-corrected chi connectivity index (χ4v) is 1.02. The first-order chi connectivity index (χ1) is 5.65. The molecule has 0 aromatic carbocycles. The Morgan fingerprint density at radius 2 is 2.33 bits per heavy atom. The van der Waals surface area contributed by atoms with Gasteiger partial charge in [0.25, 0.3) is 0 Å². The Labute approximate surface area is 71.6 Å². The van der Waals surface area contributed by atoms with Crippen LogP contribution in [0, 0.1) is 12.9 Å². The van der Waals surface area contributed by atoms with E-state index >= 15 is 0 Å². The van der Waals surface area contributed by atoms with Crippen LogP contribution >= 0.6 is 0 Å². The molecule has 0 saturated heterocycles. The zero-order valence-electron chi connectivity index (χ0n) is 7.34. The van der Waals surface area contributed by atoms with Gasteiger partial charge in [-0.05, 0) is 25.0 Å². The number of hydrogen-bond acceptors (Lipinski definition) is 2. The van der Waals surface area contributed by atoms with E-state index in [0.29, 0.717) is 5.56 Å². The van der Waals surface area contributed by atoms with E-state index in [-0.39, 0.29) is 6.04 Å². The van der Waals surface area contributed by atoms with Crippen LogP contribution in [0.15, 0.2) is 12.3 Å². The lowest BCUT2D eigenvalue weighted by Gasteiger charge is -2.08. The van der Waals surface area contributed by atoms with Crippen LogP contribution in [0.3, 0.4) is 0 Å². The largest absolute Gasteiger partial charge is 0.324 e. The number of hydrogen-bond donors (Lipinski definition) is 1. The SMILES string of the molecule is CCC(N)c1cnc(F)c(C)c1. The third-order valence-electron chi connectivity index (χ3n) is 1.90. The summed E-state index contributed by atoms with van der Waals surface area (Å²) in [5.74, 6) is -0.415. The lowest BCUT2D eigenvalue weighted by atomic mass is 10.1. The molecule has 0 bridgehead atoms. The van der Waals surface area contributed by atoms with Gasteiger partial charge in [-0.25, -0.2) is 4.98 Å². The molecule has 0 aliphatic rings. The van der Waals surface area contributed by atoms with Crippen molar-refractivity contribution in [3.63, 3.8) is 0 Å². The minimum absolute atomic E-state index is 0.0307. The molecule has 66 valence electrons. The first-order valence-corrected chi connectivity index (χ1v) is 4.02. The zero-order chi connectivity index (χ0) is 9.14. The highest BCUT2D eigenvalue weighted by Crippen LogP contribution is 2.14. The molecular formula is C9H13FN2. The number of halogens is 1. The van der Waals surface area contributed by atoms with E-state index in [1.807, 2.05) is 6.92 Å². The molecule has 0 radical (unpaired) electrons. The van der Waals surface area contributed by atoms with Crippen LogP contribution in [0.2, 0.25) is 0 Å². The molecule has 1 aromatic heterocycles. The molecule has 0 aliphatic heterocycles. The van der Waals surface area contributed by atoms with Crippen molar-refractivity contribution in [1.82, 2.24) is 4.98 Å². The topological polar surface area (TPSA) is 38.9 Å². The van der Waals surface area contributed by atoms with E-state index in [9.17, 15) is 4.39 Å². The first-order valence-electron chi connectivity index (χ1n) is 4.02. The molecule has 3 heteroatoms. The van der Waals surface area contributed by atoms with E-state index in [2.05, 4.69) is 4.98 Å². The molecule has 0 amide bonds. The van der Waals surface area contributed by atoms with Crippen molar-refractivity contribution in [3.8, 4) is 0 Å². The molecule has 0 fully saturated rings. The highest BCUT2D eigenvalue weighted by Gasteiger charge is 2.05. The summed E-state index contributed by atoms with van der Waals surface area (Å²) in [6.07, 6.45) is 2.34.